The summed E-state index contributed by atoms with van der Waals surface area (Å²) in [6.07, 6.45) is 0.978. The number of anilines is 2. The molecule has 0 bridgehead atoms. The van der Waals surface area contributed by atoms with E-state index in [0.29, 0.717) is 27.9 Å². The van der Waals surface area contributed by atoms with Crippen molar-refractivity contribution in [1.29, 1.82) is 0 Å². The predicted molar refractivity (Wildman–Crippen MR) is 98.7 cm³/mol. The smallest absolute Gasteiger partial charge is 0.255 e. The number of carbonyl (C=O) groups is 2. The fourth-order valence-corrected chi connectivity index (χ4v) is 2.55. The lowest BCUT2D eigenvalue weighted by Crippen LogP contribution is -2.15. The summed E-state index contributed by atoms with van der Waals surface area (Å²) < 4.78 is 0. The van der Waals surface area contributed by atoms with Gasteiger partial charge in [0.2, 0.25) is 5.91 Å². The summed E-state index contributed by atoms with van der Waals surface area (Å²) in [4.78, 5) is 23.7. The Balaban J connectivity index is 2.16. The summed E-state index contributed by atoms with van der Waals surface area (Å²) >= 11 is 5.95. The highest BCUT2D eigenvalue weighted by molar-refractivity contribution is 6.31. The molecule has 2 aromatic carbocycles. The normalized spacial score (nSPS) is 10.5. The number of hydrogen-bond donors (Lipinski definition) is 2. The maximum absolute atomic E-state index is 12.4. The highest BCUT2D eigenvalue weighted by atomic mass is 35.5. The first-order chi connectivity index (χ1) is 11.3. The number of rotatable bonds is 5. The van der Waals surface area contributed by atoms with Gasteiger partial charge in [-0.3, -0.25) is 9.59 Å². The standard InChI is InChI=1S/C19H21ClN2O2/c1-12(2)10-14-4-6-15(7-5-14)19(24)22-17-9-8-16(20)11-18(17)21-13(3)23/h4-9,11-12H,10H2,1-3H3,(H,21,23)(H,22,24). The van der Waals surface area contributed by atoms with Gasteiger partial charge in [0.15, 0.2) is 0 Å². The van der Waals surface area contributed by atoms with Gasteiger partial charge in [0.05, 0.1) is 11.4 Å². The molecule has 0 atom stereocenters. The van der Waals surface area contributed by atoms with Crippen molar-refractivity contribution in [2.24, 2.45) is 5.92 Å². The van der Waals surface area contributed by atoms with Gasteiger partial charge in [-0.25, -0.2) is 0 Å². The Morgan fingerprint density at radius 3 is 2.25 bits per heavy atom. The highest BCUT2D eigenvalue weighted by Gasteiger charge is 2.11. The van der Waals surface area contributed by atoms with Crippen LogP contribution in [-0.2, 0) is 11.2 Å². The van der Waals surface area contributed by atoms with Crippen LogP contribution in [0.1, 0.15) is 36.7 Å². The van der Waals surface area contributed by atoms with E-state index in [0.717, 1.165) is 6.42 Å². The van der Waals surface area contributed by atoms with E-state index in [2.05, 4.69) is 24.5 Å². The average molecular weight is 345 g/mol. The molecule has 126 valence electrons. The third-order valence-electron chi connectivity index (χ3n) is 3.40. The molecule has 0 saturated heterocycles. The molecule has 0 saturated carbocycles. The molecule has 2 amide bonds. The van der Waals surface area contributed by atoms with E-state index in [4.69, 9.17) is 11.6 Å². The molecule has 0 heterocycles. The second kappa shape index (κ2) is 7.97. The van der Waals surface area contributed by atoms with Crippen molar-refractivity contribution in [2.75, 3.05) is 10.6 Å². The Morgan fingerprint density at radius 2 is 1.67 bits per heavy atom. The fourth-order valence-electron chi connectivity index (χ4n) is 2.38. The number of nitrogens with one attached hydrogen (secondary N) is 2. The maximum atomic E-state index is 12.4. The molecule has 2 N–H and O–H groups in total. The van der Waals surface area contributed by atoms with Crippen LogP contribution in [0.25, 0.3) is 0 Å². The number of benzene rings is 2. The van der Waals surface area contributed by atoms with Gasteiger partial charge in [-0.2, -0.15) is 0 Å². The average Bonchev–Trinajstić information content (AvgIpc) is 2.49. The minimum atomic E-state index is -0.236. The van der Waals surface area contributed by atoms with Crippen LogP contribution in [-0.4, -0.2) is 11.8 Å². The zero-order chi connectivity index (χ0) is 17.7. The lowest BCUT2D eigenvalue weighted by molar-refractivity contribution is -0.114. The van der Waals surface area contributed by atoms with Gasteiger partial charge in [-0.15, -0.1) is 0 Å². The number of halogens is 1. The fraction of sp³-hybridized carbons (Fsp3) is 0.263. The number of hydrogen-bond acceptors (Lipinski definition) is 2. The molecule has 2 rings (SSSR count). The molecule has 0 aliphatic heterocycles. The van der Waals surface area contributed by atoms with E-state index in [1.54, 1.807) is 30.3 Å². The first-order valence-electron chi connectivity index (χ1n) is 7.82. The SMILES string of the molecule is CC(=O)Nc1cc(Cl)ccc1NC(=O)c1ccc(CC(C)C)cc1. The zero-order valence-electron chi connectivity index (χ0n) is 14.0. The molecule has 0 fully saturated rings. The van der Waals surface area contributed by atoms with Crippen LogP contribution in [0.5, 0.6) is 0 Å². The summed E-state index contributed by atoms with van der Waals surface area (Å²) in [5.41, 5.74) is 2.74. The first kappa shape index (κ1) is 18.0. The van der Waals surface area contributed by atoms with Crippen molar-refractivity contribution in [1.82, 2.24) is 0 Å². The monoisotopic (exact) mass is 344 g/mol. The van der Waals surface area contributed by atoms with Gasteiger partial charge < -0.3 is 10.6 Å². The zero-order valence-corrected chi connectivity index (χ0v) is 14.8. The Labute approximate surface area is 147 Å². The van der Waals surface area contributed by atoms with Crippen molar-refractivity contribution >= 4 is 34.8 Å². The quantitative estimate of drug-likeness (QED) is 0.822. The maximum Gasteiger partial charge on any atom is 0.255 e. The second-order valence-corrected chi connectivity index (χ2v) is 6.56. The Kier molecular flexibility index (Phi) is 5.99. The largest absolute Gasteiger partial charge is 0.324 e. The molecule has 4 nitrogen and oxygen atoms in total. The van der Waals surface area contributed by atoms with Crippen LogP contribution < -0.4 is 10.6 Å². The van der Waals surface area contributed by atoms with Crippen molar-refractivity contribution in [3.63, 3.8) is 0 Å². The van der Waals surface area contributed by atoms with Crippen LogP contribution in [0.3, 0.4) is 0 Å². The molecule has 0 aromatic heterocycles. The Hall–Kier alpha value is -2.33. The molecule has 0 unspecified atom stereocenters. The summed E-state index contributed by atoms with van der Waals surface area (Å²) in [6.45, 7) is 5.72. The van der Waals surface area contributed by atoms with Crippen molar-refractivity contribution in [3.8, 4) is 0 Å². The summed E-state index contributed by atoms with van der Waals surface area (Å²) in [5, 5.41) is 5.95. The first-order valence-corrected chi connectivity index (χ1v) is 8.20. The van der Waals surface area contributed by atoms with E-state index in [-0.39, 0.29) is 11.8 Å². The minimum Gasteiger partial charge on any atom is -0.324 e. The molecular weight excluding hydrogens is 324 g/mol. The Bertz CT molecular complexity index is 740. The van der Waals surface area contributed by atoms with Gasteiger partial charge in [-0.1, -0.05) is 37.6 Å². The molecule has 24 heavy (non-hydrogen) atoms. The molecule has 0 spiro atoms. The molecule has 0 aliphatic rings. The minimum absolute atomic E-state index is 0.231. The van der Waals surface area contributed by atoms with Crippen LogP contribution in [0, 0.1) is 5.92 Å². The van der Waals surface area contributed by atoms with Gasteiger partial charge in [0.25, 0.3) is 5.91 Å². The number of carbonyl (C=O) groups excluding carboxylic acids is 2. The van der Waals surface area contributed by atoms with E-state index in [9.17, 15) is 9.59 Å². The van der Waals surface area contributed by atoms with Crippen LogP contribution in [0.2, 0.25) is 5.02 Å². The predicted octanol–water partition coefficient (Wildman–Crippen LogP) is 4.75. The van der Waals surface area contributed by atoms with Crippen LogP contribution in [0.15, 0.2) is 42.5 Å². The van der Waals surface area contributed by atoms with Gasteiger partial charge in [0.1, 0.15) is 0 Å². The summed E-state index contributed by atoms with van der Waals surface area (Å²) in [7, 11) is 0. The van der Waals surface area contributed by atoms with Crippen LogP contribution in [0.4, 0.5) is 11.4 Å². The van der Waals surface area contributed by atoms with Gasteiger partial charge in [-0.05, 0) is 48.2 Å². The lowest BCUT2D eigenvalue weighted by Gasteiger charge is -2.12. The molecular formula is C19H21ClN2O2. The molecule has 0 aliphatic carbocycles. The van der Waals surface area contributed by atoms with Gasteiger partial charge in [0, 0.05) is 17.5 Å². The Morgan fingerprint density at radius 1 is 1.00 bits per heavy atom. The lowest BCUT2D eigenvalue weighted by atomic mass is 10.0. The van der Waals surface area contributed by atoms with Crippen molar-refractivity contribution < 1.29 is 9.59 Å². The molecule has 0 radical (unpaired) electrons. The van der Waals surface area contributed by atoms with Crippen LogP contribution >= 0.6 is 11.6 Å². The van der Waals surface area contributed by atoms with E-state index in [1.165, 1.54) is 12.5 Å². The van der Waals surface area contributed by atoms with Gasteiger partial charge >= 0.3 is 0 Å². The molecule has 2 aromatic rings. The third kappa shape index (κ3) is 5.10. The van der Waals surface area contributed by atoms with Crippen molar-refractivity contribution in [3.05, 3.63) is 58.6 Å². The molecule has 5 heteroatoms. The topological polar surface area (TPSA) is 58.2 Å². The second-order valence-electron chi connectivity index (χ2n) is 6.12. The third-order valence-corrected chi connectivity index (χ3v) is 3.64. The summed E-state index contributed by atoms with van der Waals surface area (Å²) in [6, 6.07) is 12.5. The highest BCUT2D eigenvalue weighted by Crippen LogP contribution is 2.26. The van der Waals surface area contributed by atoms with E-state index < -0.39 is 0 Å². The van der Waals surface area contributed by atoms with E-state index >= 15 is 0 Å². The number of amides is 2. The summed E-state index contributed by atoms with van der Waals surface area (Å²) in [5.74, 6) is 0.102. The van der Waals surface area contributed by atoms with E-state index in [1.807, 2.05) is 12.1 Å². The van der Waals surface area contributed by atoms with Crippen molar-refractivity contribution in [2.45, 2.75) is 27.2 Å².